The summed E-state index contributed by atoms with van der Waals surface area (Å²) in [4.78, 5) is 48.6. The first-order chi connectivity index (χ1) is 18.4. The van der Waals surface area contributed by atoms with Crippen molar-refractivity contribution in [2.45, 2.75) is 25.4 Å². The lowest BCUT2D eigenvalue weighted by Crippen LogP contribution is -2.51. The van der Waals surface area contributed by atoms with Gasteiger partial charge in [0.1, 0.15) is 17.1 Å². The molecular weight excluding hydrogens is 480 g/mol. The van der Waals surface area contributed by atoms with Crippen LogP contribution in [-0.2, 0) is 15.1 Å². The molecule has 8 nitrogen and oxygen atoms in total. The third-order valence-electron chi connectivity index (χ3n) is 8.33. The van der Waals surface area contributed by atoms with E-state index in [0.29, 0.717) is 33.9 Å². The maximum Gasteiger partial charge on any atom is 0.266 e. The largest absolute Gasteiger partial charge is 0.497 e. The van der Waals surface area contributed by atoms with Crippen LogP contribution >= 0.6 is 0 Å². The van der Waals surface area contributed by atoms with Gasteiger partial charge in [-0.05, 0) is 36.2 Å². The number of amides is 2. The van der Waals surface area contributed by atoms with Crippen molar-refractivity contribution in [1.29, 1.82) is 0 Å². The van der Waals surface area contributed by atoms with Crippen molar-refractivity contribution in [2.24, 2.45) is 17.8 Å². The summed E-state index contributed by atoms with van der Waals surface area (Å²) < 4.78 is 6.99. The van der Waals surface area contributed by atoms with Gasteiger partial charge in [-0.15, -0.1) is 0 Å². The summed E-state index contributed by atoms with van der Waals surface area (Å²) in [6.45, 7) is 4.09. The number of ether oxygens (including phenoxy) is 1. The smallest absolute Gasteiger partial charge is 0.266 e. The molecule has 2 fully saturated rings. The number of rotatable bonds is 3. The SMILES string of the molecule is COc1cccc(N2C(=O)[C@@H]3[C@@H](C(C)C)N[C@]4(c5ccccc5-n5c4nc4ccccc4c5=O)[C@H]3C2=O)c1. The fourth-order valence-corrected chi connectivity index (χ4v) is 6.73. The minimum Gasteiger partial charge on any atom is -0.497 e. The number of para-hydroxylation sites is 2. The van der Waals surface area contributed by atoms with Crippen LogP contribution in [-0.4, -0.2) is 34.5 Å². The van der Waals surface area contributed by atoms with Gasteiger partial charge in [0.15, 0.2) is 0 Å². The van der Waals surface area contributed by atoms with Gasteiger partial charge < -0.3 is 4.74 Å². The third-order valence-corrected chi connectivity index (χ3v) is 8.33. The summed E-state index contributed by atoms with van der Waals surface area (Å²) >= 11 is 0. The molecule has 1 N–H and O–H groups in total. The van der Waals surface area contributed by atoms with Crippen molar-refractivity contribution in [3.8, 4) is 11.4 Å². The molecular formula is C30H26N4O4. The van der Waals surface area contributed by atoms with E-state index in [2.05, 4.69) is 5.32 Å². The van der Waals surface area contributed by atoms with Gasteiger partial charge in [0.05, 0.1) is 41.2 Å². The van der Waals surface area contributed by atoms with E-state index in [9.17, 15) is 14.4 Å². The first-order valence-electron chi connectivity index (χ1n) is 12.8. The molecule has 0 bridgehead atoms. The Hall–Kier alpha value is -4.30. The van der Waals surface area contributed by atoms with Crippen molar-refractivity contribution in [3.63, 3.8) is 0 Å². The molecule has 4 aromatic rings. The van der Waals surface area contributed by atoms with Gasteiger partial charge in [-0.1, -0.05) is 50.2 Å². The first kappa shape index (κ1) is 22.9. The van der Waals surface area contributed by atoms with Gasteiger partial charge in [0.2, 0.25) is 11.8 Å². The van der Waals surface area contributed by atoms with E-state index in [0.717, 1.165) is 5.56 Å². The second-order valence-electron chi connectivity index (χ2n) is 10.5. The molecule has 0 saturated carbocycles. The molecule has 3 aliphatic heterocycles. The Morgan fingerprint density at radius 3 is 2.50 bits per heavy atom. The number of benzene rings is 3. The summed E-state index contributed by atoms with van der Waals surface area (Å²) in [6.07, 6.45) is 0. The molecule has 0 unspecified atom stereocenters. The monoisotopic (exact) mass is 506 g/mol. The first-order valence-corrected chi connectivity index (χ1v) is 12.8. The van der Waals surface area contributed by atoms with Gasteiger partial charge in [0, 0.05) is 17.7 Å². The van der Waals surface area contributed by atoms with Gasteiger partial charge in [-0.2, -0.15) is 0 Å². The second-order valence-corrected chi connectivity index (χ2v) is 10.5. The lowest BCUT2D eigenvalue weighted by Gasteiger charge is -2.32. The molecule has 2 saturated heterocycles. The Kier molecular flexibility index (Phi) is 4.72. The van der Waals surface area contributed by atoms with Gasteiger partial charge in [-0.25, -0.2) is 9.88 Å². The average molecular weight is 507 g/mol. The Morgan fingerprint density at radius 1 is 0.947 bits per heavy atom. The molecule has 4 heterocycles. The number of carbonyl (C=O) groups is 2. The van der Waals surface area contributed by atoms with E-state index in [-0.39, 0.29) is 29.3 Å². The highest BCUT2D eigenvalue weighted by Gasteiger charge is 2.70. The van der Waals surface area contributed by atoms with E-state index in [1.54, 1.807) is 42.0 Å². The van der Waals surface area contributed by atoms with E-state index in [1.807, 2.05) is 56.3 Å². The van der Waals surface area contributed by atoms with Crippen LogP contribution in [0.4, 0.5) is 5.69 Å². The zero-order valence-corrected chi connectivity index (χ0v) is 21.2. The Labute approximate surface area is 218 Å². The number of anilines is 1. The van der Waals surface area contributed by atoms with Crippen molar-refractivity contribution < 1.29 is 14.3 Å². The maximum atomic E-state index is 14.4. The molecule has 1 aromatic heterocycles. The van der Waals surface area contributed by atoms with E-state index >= 15 is 0 Å². The molecule has 1 spiro atoms. The quantitative estimate of drug-likeness (QED) is 0.428. The van der Waals surface area contributed by atoms with E-state index < -0.39 is 17.4 Å². The van der Waals surface area contributed by atoms with Crippen molar-refractivity contribution in [3.05, 3.63) is 94.5 Å². The maximum absolute atomic E-state index is 14.4. The van der Waals surface area contributed by atoms with E-state index in [1.165, 1.54) is 4.90 Å². The number of nitrogens with zero attached hydrogens (tertiary/aromatic N) is 3. The number of aromatic nitrogens is 2. The fraction of sp³-hybridized carbons (Fsp3) is 0.267. The lowest BCUT2D eigenvalue weighted by molar-refractivity contribution is -0.123. The summed E-state index contributed by atoms with van der Waals surface area (Å²) in [7, 11) is 1.55. The number of fused-ring (bicyclic) bond motifs is 8. The molecule has 4 atom stereocenters. The minimum absolute atomic E-state index is 0.0391. The van der Waals surface area contributed by atoms with Crippen LogP contribution in [0.5, 0.6) is 5.75 Å². The fourth-order valence-electron chi connectivity index (χ4n) is 6.73. The number of hydrogen-bond donors (Lipinski definition) is 1. The standard InChI is InChI=1S/C30H26N4O4/c1-16(2)25-23-24(28(37)33(27(23)36)17-9-8-10-18(15-17)38-3)30(32-25)20-12-5-7-14-22(20)34-26(35)19-11-4-6-13-21(19)31-29(30)34/h4-16,23-25,32H,1-3H3/t23-,24+,25+,30+/m0/s1. The van der Waals surface area contributed by atoms with Crippen LogP contribution in [0.15, 0.2) is 77.6 Å². The average Bonchev–Trinajstić information content (AvgIpc) is 3.52. The van der Waals surface area contributed by atoms with Gasteiger partial charge in [0.25, 0.3) is 5.56 Å². The molecule has 190 valence electrons. The molecule has 3 aliphatic rings. The summed E-state index contributed by atoms with van der Waals surface area (Å²) in [5.41, 5.74) is 1.17. The number of imide groups is 1. The second kappa shape index (κ2) is 7.85. The van der Waals surface area contributed by atoms with Crippen molar-refractivity contribution in [1.82, 2.24) is 14.9 Å². The predicted molar refractivity (Wildman–Crippen MR) is 142 cm³/mol. The molecule has 0 radical (unpaired) electrons. The number of hydrogen-bond acceptors (Lipinski definition) is 6. The summed E-state index contributed by atoms with van der Waals surface area (Å²) in [5, 5.41) is 4.22. The normalized spacial score (nSPS) is 25.4. The highest BCUT2D eigenvalue weighted by Crippen LogP contribution is 2.56. The molecule has 0 aliphatic carbocycles. The molecule has 2 amide bonds. The topological polar surface area (TPSA) is 93.5 Å². The van der Waals surface area contributed by atoms with Crippen LogP contribution in [0.1, 0.15) is 25.2 Å². The molecule has 8 heteroatoms. The molecule has 38 heavy (non-hydrogen) atoms. The van der Waals surface area contributed by atoms with Crippen LogP contribution in [0.3, 0.4) is 0 Å². The highest BCUT2D eigenvalue weighted by molar-refractivity contribution is 6.23. The third kappa shape index (κ3) is 2.73. The zero-order chi connectivity index (χ0) is 26.3. The van der Waals surface area contributed by atoms with Crippen LogP contribution in [0, 0.1) is 17.8 Å². The number of carbonyl (C=O) groups excluding carboxylic acids is 2. The van der Waals surface area contributed by atoms with Crippen molar-refractivity contribution >= 4 is 28.4 Å². The Morgan fingerprint density at radius 2 is 1.71 bits per heavy atom. The number of nitrogens with one attached hydrogen (secondary N) is 1. The zero-order valence-electron chi connectivity index (χ0n) is 21.2. The van der Waals surface area contributed by atoms with Gasteiger partial charge in [-0.3, -0.25) is 24.3 Å². The molecule has 7 rings (SSSR count). The number of methoxy groups -OCH3 is 1. The Bertz CT molecular complexity index is 1730. The summed E-state index contributed by atoms with van der Waals surface area (Å²) in [6, 6.07) is 21.5. The Balaban J connectivity index is 1.52. The molecule has 3 aromatic carbocycles. The van der Waals surface area contributed by atoms with Crippen LogP contribution < -0.4 is 20.5 Å². The minimum atomic E-state index is -1.14. The van der Waals surface area contributed by atoms with Gasteiger partial charge >= 0.3 is 0 Å². The van der Waals surface area contributed by atoms with Crippen LogP contribution in [0.25, 0.3) is 16.6 Å². The predicted octanol–water partition coefficient (Wildman–Crippen LogP) is 3.38. The lowest BCUT2D eigenvalue weighted by atomic mass is 9.75. The van der Waals surface area contributed by atoms with E-state index in [4.69, 9.17) is 9.72 Å². The highest BCUT2D eigenvalue weighted by atomic mass is 16.5. The van der Waals surface area contributed by atoms with Crippen molar-refractivity contribution in [2.75, 3.05) is 12.0 Å². The van der Waals surface area contributed by atoms with Crippen LogP contribution in [0.2, 0.25) is 0 Å². The summed E-state index contributed by atoms with van der Waals surface area (Å²) in [5.74, 6) is -0.922.